The van der Waals surface area contributed by atoms with Crippen LogP contribution in [0, 0.1) is 18.8 Å². The molecule has 2 saturated heterocycles. The van der Waals surface area contributed by atoms with Crippen molar-refractivity contribution in [3.63, 3.8) is 0 Å². The lowest BCUT2D eigenvalue weighted by Gasteiger charge is -2.25. The van der Waals surface area contributed by atoms with Gasteiger partial charge in [-0.05, 0) is 29.8 Å². The Labute approximate surface area is 192 Å². The first kappa shape index (κ1) is 20.9. The molecule has 2 N–H and O–H groups in total. The molecule has 12 heteroatoms. The van der Waals surface area contributed by atoms with Gasteiger partial charge in [-0.25, -0.2) is 4.98 Å². The average Bonchev–Trinajstić information content (AvgIpc) is 3.45. The molecule has 2 fully saturated rings. The fraction of sp³-hybridized carbons (Fsp3) is 0.474. The number of nitrogens with zero attached hydrogens (tertiary/aromatic N) is 7. The standard InChI is InChI=1S/C19H21Cl2N7O2S/c1-10-14(21)2-13(20)3-15(10)26-5-11-7-27(8-12(11)6-26)19-22-4-16(31-19)18-23-25-28(24-18)9-17(29)30/h2-4,11-12,17,29-30H,5-9H2,1H3. The number of aliphatic hydroxyl groups excluding tert-OH is 1. The van der Waals surface area contributed by atoms with Crippen molar-refractivity contribution in [3.8, 4) is 10.7 Å². The highest BCUT2D eigenvalue weighted by molar-refractivity contribution is 7.18. The maximum atomic E-state index is 9.04. The summed E-state index contributed by atoms with van der Waals surface area (Å²) < 4.78 is 0. The largest absolute Gasteiger partial charge is 0.371 e. The molecular weight excluding hydrogens is 461 g/mol. The molecule has 3 aromatic rings. The second-order valence-corrected chi connectivity index (χ2v) is 9.87. The van der Waals surface area contributed by atoms with Crippen molar-refractivity contribution in [2.24, 2.45) is 11.8 Å². The summed E-state index contributed by atoms with van der Waals surface area (Å²) in [7, 11) is 0. The van der Waals surface area contributed by atoms with E-state index in [2.05, 4.69) is 30.2 Å². The molecule has 4 heterocycles. The van der Waals surface area contributed by atoms with E-state index < -0.39 is 6.29 Å². The van der Waals surface area contributed by atoms with Crippen molar-refractivity contribution >= 4 is 45.4 Å². The molecule has 164 valence electrons. The van der Waals surface area contributed by atoms with E-state index in [9.17, 15) is 0 Å². The first-order valence-electron chi connectivity index (χ1n) is 9.93. The summed E-state index contributed by atoms with van der Waals surface area (Å²) >= 11 is 14.1. The molecule has 2 aliphatic heterocycles. The van der Waals surface area contributed by atoms with Gasteiger partial charge in [0.1, 0.15) is 6.54 Å². The third kappa shape index (κ3) is 4.10. The van der Waals surface area contributed by atoms with E-state index in [-0.39, 0.29) is 6.54 Å². The lowest BCUT2D eigenvalue weighted by atomic mass is 10.0. The van der Waals surface area contributed by atoms with Crippen LogP contribution in [0.4, 0.5) is 10.8 Å². The fourth-order valence-electron chi connectivity index (χ4n) is 4.39. The highest BCUT2D eigenvalue weighted by Crippen LogP contribution is 2.40. The van der Waals surface area contributed by atoms with Crippen molar-refractivity contribution in [2.45, 2.75) is 19.8 Å². The summed E-state index contributed by atoms with van der Waals surface area (Å²) in [5.74, 6) is 1.53. The second kappa shape index (κ2) is 8.18. The number of hydrogen-bond acceptors (Lipinski definition) is 9. The van der Waals surface area contributed by atoms with E-state index in [0.29, 0.717) is 27.7 Å². The third-order valence-electron chi connectivity index (χ3n) is 5.87. The Balaban J connectivity index is 1.26. The van der Waals surface area contributed by atoms with Crippen molar-refractivity contribution in [3.05, 3.63) is 33.9 Å². The van der Waals surface area contributed by atoms with Gasteiger partial charge in [0.25, 0.3) is 0 Å². The summed E-state index contributed by atoms with van der Waals surface area (Å²) in [4.78, 5) is 11.2. The minimum Gasteiger partial charge on any atom is -0.371 e. The van der Waals surface area contributed by atoms with Crippen molar-refractivity contribution < 1.29 is 10.2 Å². The minimum absolute atomic E-state index is 0.123. The summed E-state index contributed by atoms with van der Waals surface area (Å²) in [6.07, 6.45) is 0.225. The quantitative estimate of drug-likeness (QED) is 0.534. The molecule has 1 aromatic carbocycles. The summed E-state index contributed by atoms with van der Waals surface area (Å²) in [5.41, 5.74) is 2.19. The molecule has 2 atom stereocenters. The molecule has 0 bridgehead atoms. The fourth-order valence-corrected chi connectivity index (χ4v) is 5.73. The number of halogens is 2. The molecular formula is C19H21Cl2N7O2S. The van der Waals surface area contributed by atoms with Crippen LogP contribution in [0.1, 0.15) is 5.56 Å². The lowest BCUT2D eigenvalue weighted by molar-refractivity contribution is -0.0563. The van der Waals surface area contributed by atoms with Gasteiger partial charge in [0, 0.05) is 53.7 Å². The average molecular weight is 482 g/mol. The first-order valence-corrected chi connectivity index (χ1v) is 11.5. The molecule has 2 aromatic heterocycles. The number of benzene rings is 1. The number of fused-ring (bicyclic) bond motifs is 1. The van der Waals surface area contributed by atoms with E-state index in [1.165, 1.54) is 11.3 Å². The Morgan fingerprint density at radius 2 is 1.84 bits per heavy atom. The first-order chi connectivity index (χ1) is 14.9. The van der Waals surface area contributed by atoms with Crippen LogP contribution in [0.5, 0.6) is 0 Å². The maximum absolute atomic E-state index is 9.04. The zero-order chi connectivity index (χ0) is 21.7. The summed E-state index contributed by atoms with van der Waals surface area (Å²) in [6.45, 7) is 5.74. The number of hydrogen-bond donors (Lipinski definition) is 2. The van der Waals surface area contributed by atoms with E-state index in [1.807, 2.05) is 13.0 Å². The van der Waals surface area contributed by atoms with Gasteiger partial charge in [0.05, 0.1) is 11.1 Å². The van der Waals surface area contributed by atoms with Gasteiger partial charge in [-0.2, -0.15) is 4.80 Å². The highest BCUT2D eigenvalue weighted by Gasteiger charge is 2.41. The lowest BCUT2D eigenvalue weighted by Crippen LogP contribution is -2.29. The molecule has 0 amide bonds. The number of aliphatic hydroxyl groups is 2. The molecule has 9 nitrogen and oxygen atoms in total. The molecule has 31 heavy (non-hydrogen) atoms. The van der Waals surface area contributed by atoms with Gasteiger partial charge in [0.2, 0.25) is 5.82 Å². The molecule has 0 radical (unpaired) electrons. The van der Waals surface area contributed by atoms with Crippen LogP contribution >= 0.6 is 34.5 Å². The van der Waals surface area contributed by atoms with Gasteiger partial charge >= 0.3 is 0 Å². The molecule has 2 aliphatic rings. The van der Waals surface area contributed by atoms with Crippen LogP contribution in [-0.2, 0) is 6.54 Å². The van der Waals surface area contributed by atoms with Gasteiger partial charge < -0.3 is 20.0 Å². The molecule has 5 rings (SSSR count). The van der Waals surface area contributed by atoms with Gasteiger partial charge in [-0.15, -0.1) is 10.2 Å². The van der Waals surface area contributed by atoms with Gasteiger partial charge in [-0.3, -0.25) is 0 Å². The SMILES string of the molecule is Cc1c(Cl)cc(Cl)cc1N1CC2CN(c3ncc(-c4nnn(CC(O)O)n4)s3)CC2C1. The van der Waals surface area contributed by atoms with E-state index >= 15 is 0 Å². The van der Waals surface area contributed by atoms with Crippen LogP contribution in [0.25, 0.3) is 10.7 Å². The van der Waals surface area contributed by atoms with Gasteiger partial charge in [0.15, 0.2) is 11.4 Å². The van der Waals surface area contributed by atoms with Crippen LogP contribution in [0.15, 0.2) is 18.3 Å². The predicted octanol–water partition coefficient (Wildman–Crippen LogP) is 2.30. The zero-order valence-corrected chi connectivity index (χ0v) is 19.0. The Morgan fingerprint density at radius 3 is 2.55 bits per heavy atom. The summed E-state index contributed by atoms with van der Waals surface area (Å²) in [5, 5.41) is 32.4. The normalized spacial score (nSPS) is 20.8. The smallest absolute Gasteiger partial charge is 0.216 e. The third-order valence-corrected chi connectivity index (χ3v) is 7.54. The van der Waals surface area contributed by atoms with E-state index in [1.54, 1.807) is 12.3 Å². The second-order valence-electron chi connectivity index (χ2n) is 8.02. The van der Waals surface area contributed by atoms with Gasteiger partial charge in [-0.1, -0.05) is 34.5 Å². The topological polar surface area (TPSA) is 103 Å². The highest BCUT2D eigenvalue weighted by atomic mass is 35.5. The Morgan fingerprint density at radius 1 is 1.13 bits per heavy atom. The van der Waals surface area contributed by atoms with Crippen LogP contribution in [0.3, 0.4) is 0 Å². The zero-order valence-electron chi connectivity index (χ0n) is 16.7. The Bertz CT molecular complexity index is 1090. The number of tetrazole rings is 1. The maximum Gasteiger partial charge on any atom is 0.216 e. The van der Waals surface area contributed by atoms with Crippen molar-refractivity contribution in [1.29, 1.82) is 0 Å². The van der Waals surface area contributed by atoms with Crippen molar-refractivity contribution in [2.75, 3.05) is 36.0 Å². The minimum atomic E-state index is -1.52. The predicted molar refractivity (Wildman–Crippen MR) is 120 cm³/mol. The molecule has 0 spiro atoms. The molecule has 0 aliphatic carbocycles. The Kier molecular flexibility index (Phi) is 5.51. The van der Waals surface area contributed by atoms with Crippen LogP contribution in [-0.4, -0.2) is 67.9 Å². The number of thiazole rings is 1. The molecule has 0 saturated carbocycles. The van der Waals surface area contributed by atoms with Crippen LogP contribution < -0.4 is 9.80 Å². The number of anilines is 2. The summed E-state index contributed by atoms with van der Waals surface area (Å²) in [6, 6.07) is 3.80. The van der Waals surface area contributed by atoms with Crippen LogP contribution in [0.2, 0.25) is 10.0 Å². The van der Waals surface area contributed by atoms with Crippen molar-refractivity contribution in [1.82, 2.24) is 25.2 Å². The number of aromatic nitrogens is 5. The monoisotopic (exact) mass is 481 g/mol. The Hall–Kier alpha value is -1.98. The molecule has 2 unspecified atom stereocenters. The number of rotatable bonds is 5. The van der Waals surface area contributed by atoms with E-state index in [4.69, 9.17) is 33.4 Å². The van der Waals surface area contributed by atoms with E-state index in [0.717, 1.165) is 52.2 Å².